The first kappa shape index (κ1) is 21.6. The molecule has 2 rings (SSSR count). The van der Waals surface area contributed by atoms with Crippen molar-refractivity contribution in [2.24, 2.45) is 0 Å². The second-order valence-electron chi connectivity index (χ2n) is 6.81. The Balaban J connectivity index is 2.54. The summed E-state index contributed by atoms with van der Waals surface area (Å²) in [5, 5.41) is 10.7. The molecule has 7 nitrogen and oxygen atoms in total. The molecule has 0 aromatic heterocycles. The van der Waals surface area contributed by atoms with Gasteiger partial charge in [-0.15, -0.1) is 11.6 Å². The number of carbonyl (C=O) groups is 1. The number of nitro benzene ring substituents is 1. The lowest BCUT2D eigenvalue weighted by Gasteiger charge is -2.24. The fraction of sp³-hybridized carbons (Fsp3) is 0.611. The summed E-state index contributed by atoms with van der Waals surface area (Å²) in [5.41, 5.74) is 0.399. The number of alkyl halides is 1. The summed E-state index contributed by atoms with van der Waals surface area (Å²) in [6, 6.07) is 2.76. The molecular weight excluding hydrogens is 394 g/mol. The minimum Gasteiger partial charge on any atom is -0.465 e. The number of nitro groups is 1. The SMILES string of the molecule is CCOC(=O)C(Cl)Cc1cc([N+](=O)[O-])c(C2CCCCC2)c(S(C)(=O)=O)c1. The third-order valence-corrected chi connectivity index (χ3v) is 6.22. The number of rotatable bonds is 7. The van der Waals surface area contributed by atoms with Gasteiger partial charge in [0.1, 0.15) is 5.38 Å². The van der Waals surface area contributed by atoms with Crippen molar-refractivity contribution in [3.05, 3.63) is 33.4 Å². The zero-order valence-electron chi connectivity index (χ0n) is 15.4. The molecule has 1 aliphatic carbocycles. The van der Waals surface area contributed by atoms with Gasteiger partial charge in [-0.25, -0.2) is 8.42 Å². The van der Waals surface area contributed by atoms with Crippen molar-refractivity contribution in [2.75, 3.05) is 12.9 Å². The summed E-state index contributed by atoms with van der Waals surface area (Å²) in [6.07, 6.45) is 5.33. The number of hydrogen-bond acceptors (Lipinski definition) is 6. The number of benzene rings is 1. The van der Waals surface area contributed by atoms with Gasteiger partial charge in [-0.1, -0.05) is 19.3 Å². The predicted octanol–water partition coefficient (Wildman–Crippen LogP) is 3.76. The molecule has 0 bridgehead atoms. The van der Waals surface area contributed by atoms with Crippen LogP contribution in [0.2, 0.25) is 0 Å². The van der Waals surface area contributed by atoms with E-state index in [0.717, 1.165) is 38.4 Å². The molecule has 1 aromatic rings. The first-order valence-electron chi connectivity index (χ1n) is 8.97. The van der Waals surface area contributed by atoms with Crippen molar-refractivity contribution < 1.29 is 22.9 Å². The number of sulfone groups is 1. The summed E-state index contributed by atoms with van der Waals surface area (Å²) in [4.78, 5) is 22.9. The van der Waals surface area contributed by atoms with Crippen LogP contribution in [0.25, 0.3) is 0 Å². The van der Waals surface area contributed by atoms with E-state index in [4.69, 9.17) is 16.3 Å². The lowest BCUT2D eigenvalue weighted by molar-refractivity contribution is -0.386. The first-order chi connectivity index (χ1) is 12.6. The fourth-order valence-corrected chi connectivity index (χ4v) is 4.84. The minimum absolute atomic E-state index is 0.0358. The second kappa shape index (κ2) is 9.01. The Morgan fingerprint density at radius 3 is 2.48 bits per heavy atom. The molecule has 150 valence electrons. The fourth-order valence-electron chi connectivity index (χ4n) is 3.57. The van der Waals surface area contributed by atoms with Crippen molar-refractivity contribution in [3.63, 3.8) is 0 Å². The maximum atomic E-state index is 12.4. The molecular formula is C18H24ClNO6S. The van der Waals surface area contributed by atoms with Gasteiger partial charge in [0.15, 0.2) is 9.84 Å². The number of ether oxygens (including phenoxy) is 1. The molecule has 1 saturated carbocycles. The van der Waals surface area contributed by atoms with Crippen molar-refractivity contribution in [1.29, 1.82) is 0 Å². The largest absolute Gasteiger partial charge is 0.465 e. The van der Waals surface area contributed by atoms with Crippen LogP contribution in [-0.4, -0.2) is 37.6 Å². The van der Waals surface area contributed by atoms with Crippen LogP contribution in [-0.2, 0) is 25.8 Å². The van der Waals surface area contributed by atoms with Crippen molar-refractivity contribution in [1.82, 2.24) is 0 Å². The van der Waals surface area contributed by atoms with Gasteiger partial charge in [0, 0.05) is 12.3 Å². The van der Waals surface area contributed by atoms with Gasteiger partial charge >= 0.3 is 5.97 Å². The number of halogens is 1. The molecule has 1 aromatic carbocycles. The Bertz CT molecular complexity index is 817. The van der Waals surface area contributed by atoms with Crippen LogP contribution in [0.15, 0.2) is 17.0 Å². The van der Waals surface area contributed by atoms with E-state index >= 15 is 0 Å². The highest BCUT2D eigenvalue weighted by molar-refractivity contribution is 7.90. The van der Waals surface area contributed by atoms with E-state index in [9.17, 15) is 23.3 Å². The van der Waals surface area contributed by atoms with Crippen LogP contribution >= 0.6 is 11.6 Å². The number of hydrogen-bond donors (Lipinski definition) is 0. The average molecular weight is 418 g/mol. The van der Waals surface area contributed by atoms with Crippen LogP contribution < -0.4 is 0 Å². The lowest BCUT2D eigenvalue weighted by Crippen LogP contribution is -2.21. The molecule has 0 spiro atoms. The Labute approximate surface area is 164 Å². The molecule has 1 fully saturated rings. The maximum absolute atomic E-state index is 12.4. The average Bonchev–Trinajstić information content (AvgIpc) is 2.61. The molecule has 0 heterocycles. The van der Waals surface area contributed by atoms with E-state index in [-0.39, 0.29) is 35.1 Å². The molecule has 9 heteroatoms. The van der Waals surface area contributed by atoms with Gasteiger partial charge in [-0.2, -0.15) is 0 Å². The Hall–Kier alpha value is -1.67. The van der Waals surface area contributed by atoms with Crippen molar-refractivity contribution >= 4 is 33.1 Å². The van der Waals surface area contributed by atoms with E-state index in [0.29, 0.717) is 5.56 Å². The van der Waals surface area contributed by atoms with Crippen LogP contribution in [0.1, 0.15) is 56.1 Å². The topological polar surface area (TPSA) is 104 Å². The van der Waals surface area contributed by atoms with E-state index in [1.165, 1.54) is 12.1 Å². The lowest BCUT2D eigenvalue weighted by atomic mass is 9.83. The van der Waals surface area contributed by atoms with Crippen LogP contribution in [0.3, 0.4) is 0 Å². The summed E-state index contributed by atoms with van der Waals surface area (Å²) in [7, 11) is -3.69. The summed E-state index contributed by atoms with van der Waals surface area (Å²) in [5.74, 6) is -0.797. The first-order valence-corrected chi connectivity index (χ1v) is 11.3. The summed E-state index contributed by atoms with van der Waals surface area (Å²) in [6.45, 7) is 1.81. The van der Waals surface area contributed by atoms with Crippen molar-refractivity contribution in [3.8, 4) is 0 Å². The highest BCUT2D eigenvalue weighted by Gasteiger charge is 2.32. The zero-order chi connectivity index (χ0) is 20.2. The van der Waals surface area contributed by atoms with Gasteiger partial charge in [-0.05, 0) is 43.7 Å². The monoisotopic (exact) mass is 417 g/mol. The van der Waals surface area contributed by atoms with Crippen molar-refractivity contribution in [2.45, 2.75) is 61.6 Å². The highest BCUT2D eigenvalue weighted by atomic mass is 35.5. The summed E-state index contributed by atoms with van der Waals surface area (Å²) >= 11 is 6.04. The molecule has 0 N–H and O–H groups in total. The molecule has 0 radical (unpaired) electrons. The summed E-state index contributed by atoms with van der Waals surface area (Å²) < 4.78 is 29.6. The molecule has 27 heavy (non-hydrogen) atoms. The number of esters is 1. The second-order valence-corrected chi connectivity index (χ2v) is 9.33. The molecule has 1 atom stereocenters. The molecule has 1 aliphatic rings. The molecule has 1 unspecified atom stereocenters. The smallest absolute Gasteiger partial charge is 0.324 e. The van der Waals surface area contributed by atoms with E-state index in [1.54, 1.807) is 6.92 Å². The normalized spacial score (nSPS) is 16.7. The van der Waals surface area contributed by atoms with Crippen LogP contribution in [0.4, 0.5) is 5.69 Å². The Morgan fingerprint density at radius 1 is 1.33 bits per heavy atom. The number of nitrogens with zero attached hydrogens (tertiary/aromatic N) is 1. The molecule has 0 aliphatic heterocycles. The third-order valence-electron chi connectivity index (χ3n) is 4.75. The zero-order valence-corrected chi connectivity index (χ0v) is 17.0. The highest BCUT2D eigenvalue weighted by Crippen LogP contribution is 2.41. The van der Waals surface area contributed by atoms with E-state index in [1.807, 2.05) is 0 Å². The Morgan fingerprint density at radius 2 is 1.96 bits per heavy atom. The van der Waals surface area contributed by atoms with Gasteiger partial charge in [0.05, 0.1) is 22.0 Å². The van der Waals surface area contributed by atoms with Gasteiger partial charge in [0.2, 0.25) is 0 Å². The minimum atomic E-state index is -3.69. The standard InChI is InChI=1S/C18H24ClNO6S/c1-3-26-18(21)14(19)9-12-10-15(20(22)23)17(13-7-5-4-6-8-13)16(11-12)27(2,24)25/h10-11,13-14H,3-9H2,1-2H3. The Kier molecular flexibility index (Phi) is 7.22. The van der Waals surface area contributed by atoms with Crippen LogP contribution in [0.5, 0.6) is 0 Å². The number of carbonyl (C=O) groups excluding carboxylic acids is 1. The van der Waals surface area contributed by atoms with E-state index < -0.39 is 26.1 Å². The van der Waals surface area contributed by atoms with E-state index in [2.05, 4.69) is 0 Å². The third kappa shape index (κ3) is 5.42. The molecule has 0 saturated heterocycles. The van der Waals surface area contributed by atoms with Gasteiger partial charge in [-0.3, -0.25) is 14.9 Å². The quantitative estimate of drug-likeness (QED) is 0.289. The molecule has 0 amide bonds. The van der Waals surface area contributed by atoms with Crippen LogP contribution in [0, 0.1) is 10.1 Å². The van der Waals surface area contributed by atoms with Gasteiger partial charge < -0.3 is 4.74 Å². The van der Waals surface area contributed by atoms with Gasteiger partial charge in [0.25, 0.3) is 5.69 Å². The maximum Gasteiger partial charge on any atom is 0.324 e. The predicted molar refractivity (Wildman–Crippen MR) is 102 cm³/mol.